The minimum absolute atomic E-state index is 0.365. The molecule has 2 aromatic heterocycles. The molecule has 4 nitrogen and oxygen atoms in total. The fourth-order valence-corrected chi connectivity index (χ4v) is 9.95. The number of hydrogen-bond acceptors (Lipinski definition) is 3. The van der Waals surface area contributed by atoms with Crippen LogP contribution in [-0.4, -0.2) is 22.3 Å². The average Bonchev–Trinajstić information content (AvgIpc) is 3.90. The van der Waals surface area contributed by atoms with E-state index in [1.165, 1.54) is 66.8 Å². The molecular formula is C58H46N4. The standard InChI is InChI=1S/C58H46N4/c1-41(2)60-40-61(55-32-17-16-31-54(55)60)48-26-18-25-46(38-48)58(44-21-8-4-9-22-44,45-23-10-5-11-24-45)47-33-34-52-51-29-14-15-30-53(51)62(56(52)39-47)57-37-43(35-36-59-57)50-28-13-12-27-49(50)42-19-6-3-7-20-42/h3-39,41H,40H2,1-2H3. The molecule has 3 heterocycles. The summed E-state index contributed by atoms with van der Waals surface area (Å²) in [6.07, 6.45) is 1.96. The highest BCUT2D eigenvalue weighted by molar-refractivity contribution is 6.09. The lowest BCUT2D eigenvalue weighted by molar-refractivity contribution is 0.708. The van der Waals surface area contributed by atoms with Gasteiger partial charge in [0.1, 0.15) is 5.82 Å². The van der Waals surface area contributed by atoms with Gasteiger partial charge < -0.3 is 9.80 Å². The van der Waals surface area contributed by atoms with Gasteiger partial charge in [-0.25, -0.2) is 4.98 Å². The zero-order valence-corrected chi connectivity index (χ0v) is 34.9. The summed E-state index contributed by atoms with van der Waals surface area (Å²) in [5.41, 5.74) is 14.7. The zero-order chi connectivity index (χ0) is 41.6. The molecule has 0 saturated heterocycles. The average molecular weight is 799 g/mol. The normalized spacial score (nSPS) is 12.7. The van der Waals surface area contributed by atoms with Gasteiger partial charge in [0.05, 0.1) is 34.5 Å². The van der Waals surface area contributed by atoms with E-state index in [2.05, 4.69) is 247 Å². The zero-order valence-electron chi connectivity index (χ0n) is 34.9. The molecule has 0 atom stereocenters. The highest BCUT2D eigenvalue weighted by Crippen LogP contribution is 2.49. The second-order valence-corrected chi connectivity index (χ2v) is 16.6. The number of hydrogen-bond donors (Lipinski definition) is 0. The smallest absolute Gasteiger partial charge is 0.138 e. The molecule has 11 rings (SSSR count). The second kappa shape index (κ2) is 15.4. The van der Waals surface area contributed by atoms with Crippen molar-refractivity contribution in [2.45, 2.75) is 25.3 Å². The number of rotatable bonds is 9. The van der Waals surface area contributed by atoms with Crippen LogP contribution < -0.4 is 9.80 Å². The maximum absolute atomic E-state index is 5.12. The lowest BCUT2D eigenvalue weighted by Gasteiger charge is -2.37. The number of fused-ring (bicyclic) bond motifs is 4. The van der Waals surface area contributed by atoms with Crippen LogP contribution in [0.25, 0.3) is 49.9 Å². The maximum atomic E-state index is 5.12. The lowest BCUT2D eigenvalue weighted by atomic mass is 9.65. The Kier molecular flexibility index (Phi) is 9.27. The van der Waals surface area contributed by atoms with Crippen LogP contribution in [0.2, 0.25) is 0 Å². The summed E-state index contributed by atoms with van der Waals surface area (Å²) in [5, 5.41) is 2.38. The van der Waals surface area contributed by atoms with E-state index in [1.54, 1.807) is 0 Å². The first-order valence-electron chi connectivity index (χ1n) is 21.6. The molecule has 0 spiro atoms. The molecular weight excluding hydrogens is 753 g/mol. The first-order valence-corrected chi connectivity index (χ1v) is 21.6. The third kappa shape index (κ3) is 6.10. The SMILES string of the molecule is CC(C)N1CN(c2cccc(C(c3ccccc3)(c3ccccc3)c3ccc4c5ccccc5n(-c5cc(-c6ccccc6-c6ccccc6)ccn5)c4c3)c2)c2ccccc21. The van der Waals surface area contributed by atoms with Crippen molar-refractivity contribution < 1.29 is 0 Å². The molecule has 0 amide bonds. The van der Waals surface area contributed by atoms with Crippen LogP contribution in [0.3, 0.4) is 0 Å². The third-order valence-electron chi connectivity index (χ3n) is 12.8. The maximum Gasteiger partial charge on any atom is 0.138 e. The van der Waals surface area contributed by atoms with Crippen molar-refractivity contribution in [2.75, 3.05) is 16.5 Å². The number of aromatic nitrogens is 2. The van der Waals surface area contributed by atoms with Gasteiger partial charge in [-0.05, 0) is 107 Å². The van der Waals surface area contributed by atoms with Gasteiger partial charge in [0.2, 0.25) is 0 Å². The number of benzene rings is 8. The minimum atomic E-state index is -0.672. The van der Waals surface area contributed by atoms with Crippen molar-refractivity contribution in [1.82, 2.24) is 9.55 Å². The fourth-order valence-electron chi connectivity index (χ4n) is 9.95. The van der Waals surface area contributed by atoms with Crippen LogP contribution >= 0.6 is 0 Å². The Labute approximate surface area is 363 Å². The van der Waals surface area contributed by atoms with Crippen molar-refractivity contribution >= 4 is 38.9 Å². The Morgan fingerprint density at radius 3 is 1.76 bits per heavy atom. The van der Waals surface area contributed by atoms with Crippen molar-refractivity contribution in [3.8, 4) is 28.1 Å². The Morgan fingerprint density at radius 2 is 1.03 bits per heavy atom. The van der Waals surface area contributed by atoms with Crippen LogP contribution in [0.1, 0.15) is 36.1 Å². The topological polar surface area (TPSA) is 24.3 Å². The van der Waals surface area contributed by atoms with E-state index in [9.17, 15) is 0 Å². The van der Waals surface area contributed by atoms with Gasteiger partial charge in [0.15, 0.2) is 0 Å². The van der Waals surface area contributed by atoms with E-state index in [1.807, 2.05) is 6.20 Å². The summed E-state index contributed by atoms with van der Waals surface area (Å²) in [6.45, 7) is 5.34. The molecule has 1 aliphatic heterocycles. The summed E-state index contributed by atoms with van der Waals surface area (Å²) in [4.78, 5) is 10.1. The van der Waals surface area contributed by atoms with Gasteiger partial charge in [-0.2, -0.15) is 0 Å². The van der Waals surface area contributed by atoms with E-state index >= 15 is 0 Å². The minimum Gasteiger partial charge on any atom is -0.349 e. The number of pyridine rings is 1. The number of para-hydroxylation sites is 3. The Bertz CT molecular complexity index is 3170. The summed E-state index contributed by atoms with van der Waals surface area (Å²) in [6, 6.07) is 80.1. The fraction of sp³-hybridized carbons (Fsp3) is 0.0862. The molecule has 0 N–H and O–H groups in total. The molecule has 298 valence electrons. The molecule has 0 saturated carbocycles. The van der Waals surface area contributed by atoms with Crippen LogP contribution in [0.5, 0.6) is 0 Å². The summed E-state index contributed by atoms with van der Waals surface area (Å²) >= 11 is 0. The lowest BCUT2D eigenvalue weighted by Crippen LogP contribution is -2.34. The van der Waals surface area contributed by atoms with Gasteiger partial charge in [0.25, 0.3) is 0 Å². The molecule has 62 heavy (non-hydrogen) atoms. The quantitative estimate of drug-likeness (QED) is 0.136. The van der Waals surface area contributed by atoms with Crippen LogP contribution in [-0.2, 0) is 5.41 Å². The Hall–Kier alpha value is -7.69. The van der Waals surface area contributed by atoms with Crippen LogP contribution in [0.4, 0.5) is 17.1 Å². The largest absolute Gasteiger partial charge is 0.349 e. The van der Waals surface area contributed by atoms with Crippen molar-refractivity contribution in [3.63, 3.8) is 0 Å². The summed E-state index contributed by atoms with van der Waals surface area (Å²) in [7, 11) is 0. The van der Waals surface area contributed by atoms with E-state index in [0.717, 1.165) is 29.1 Å². The van der Waals surface area contributed by atoms with Crippen LogP contribution in [0.15, 0.2) is 225 Å². The molecule has 4 heteroatoms. The van der Waals surface area contributed by atoms with Crippen molar-refractivity contribution in [3.05, 3.63) is 247 Å². The highest BCUT2D eigenvalue weighted by Gasteiger charge is 2.40. The molecule has 0 aliphatic carbocycles. The van der Waals surface area contributed by atoms with Gasteiger partial charge in [-0.1, -0.05) is 170 Å². The van der Waals surface area contributed by atoms with E-state index in [-0.39, 0.29) is 0 Å². The monoisotopic (exact) mass is 798 g/mol. The molecule has 1 aliphatic rings. The molecule has 0 radical (unpaired) electrons. The number of anilines is 3. The van der Waals surface area contributed by atoms with Gasteiger partial charge in [-0.3, -0.25) is 4.57 Å². The predicted octanol–water partition coefficient (Wildman–Crippen LogP) is 14.2. The first kappa shape index (κ1) is 37.3. The van der Waals surface area contributed by atoms with Gasteiger partial charge in [-0.15, -0.1) is 0 Å². The molecule has 0 fully saturated rings. The number of nitrogens with zero attached hydrogens (tertiary/aromatic N) is 4. The van der Waals surface area contributed by atoms with E-state index in [0.29, 0.717) is 6.04 Å². The first-order chi connectivity index (χ1) is 30.6. The van der Waals surface area contributed by atoms with Crippen molar-refractivity contribution in [2.24, 2.45) is 0 Å². The Balaban J connectivity index is 1.15. The molecule has 0 bridgehead atoms. The summed E-state index contributed by atoms with van der Waals surface area (Å²) < 4.78 is 2.36. The van der Waals surface area contributed by atoms with Gasteiger partial charge in [0, 0.05) is 28.7 Å². The van der Waals surface area contributed by atoms with Crippen LogP contribution in [0, 0.1) is 0 Å². The predicted molar refractivity (Wildman–Crippen MR) is 259 cm³/mol. The molecule has 8 aromatic carbocycles. The van der Waals surface area contributed by atoms with Crippen molar-refractivity contribution in [1.29, 1.82) is 0 Å². The van der Waals surface area contributed by atoms with E-state index in [4.69, 9.17) is 4.98 Å². The summed E-state index contributed by atoms with van der Waals surface area (Å²) in [5.74, 6) is 0.878. The molecule has 0 unspecified atom stereocenters. The second-order valence-electron chi connectivity index (χ2n) is 16.6. The van der Waals surface area contributed by atoms with Gasteiger partial charge >= 0.3 is 0 Å². The molecule has 10 aromatic rings. The third-order valence-corrected chi connectivity index (χ3v) is 12.8. The Morgan fingerprint density at radius 1 is 0.452 bits per heavy atom. The highest BCUT2D eigenvalue weighted by atomic mass is 15.4. The van der Waals surface area contributed by atoms with E-state index < -0.39 is 5.41 Å².